The molecule has 0 radical (unpaired) electrons. The molecule has 1 atom stereocenters. The molecule has 0 aliphatic rings. The van der Waals surface area contributed by atoms with E-state index in [1.165, 1.54) is 0 Å². The molecule has 2 nitrogen and oxygen atoms in total. The Kier molecular flexibility index (Phi) is 6.81. The van der Waals surface area contributed by atoms with Crippen molar-refractivity contribution in [2.24, 2.45) is 5.92 Å². The normalized spacial score (nSPS) is 13.6. The van der Waals surface area contributed by atoms with Crippen molar-refractivity contribution in [3.63, 3.8) is 0 Å². The summed E-state index contributed by atoms with van der Waals surface area (Å²) in [4.78, 5) is 11.3. The van der Waals surface area contributed by atoms with E-state index < -0.39 is 0 Å². The van der Waals surface area contributed by atoms with Crippen LogP contribution < -0.4 is 5.32 Å². The SMILES string of the molecule is CC(C)NC(C)CCCC(=O)C(C)C. The molecular weight excluding hydrogens is 174 g/mol. The van der Waals surface area contributed by atoms with E-state index in [1.54, 1.807) is 0 Å². The van der Waals surface area contributed by atoms with Gasteiger partial charge in [0.05, 0.1) is 0 Å². The lowest BCUT2D eigenvalue weighted by molar-refractivity contribution is -0.122. The van der Waals surface area contributed by atoms with Gasteiger partial charge in [0.1, 0.15) is 5.78 Å². The summed E-state index contributed by atoms with van der Waals surface area (Å²) in [7, 11) is 0. The van der Waals surface area contributed by atoms with Crippen LogP contribution in [0.3, 0.4) is 0 Å². The average molecular weight is 199 g/mol. The maximum atomic E-state index is 11.3. The fourth-order valence-corrected chi connectivity index (χ4v) is 1.52. The van der Waals surface area contributed by atoms with Crippen molar-refractivity contribution in [1.82, 2.24) is 5.32 Å². The van der Waals surface area contributed by atoms with Gasteiger partial charge in [-0.1, -0.05) is 27.7 Å². The Morgan fingerprint density at radius 3 is 2.14 bits per heavy atom. The first-order chi connectivity index (χ1) is 6.43. The number of hydrogen-bond acceptors (Lipinski definition) is 2. The fraction of sp³-hybridized carbons (Fsp3) is 0.917. The Labute approximate surface area is 88.5 Å². The summed E-state index contributed by atoms with van der Waals surface area (Å²) in [5.41, 5.74) is 0. The van der Waals surface area contributed by atoms with E-state index in [-0.39, 0.29) is 5.92 Å². The molecule has 84 valence electrons. The highest BCUT2D eigenvalue weighted by molar-refractivity contribution is 5.80. The second kappa shape index (κ2) is 6.99. The van der Waals surface area contributed by atoms with Crippen LogP contribution in [-0.2, 0) is 4.79 Å². The molecule has 0 spiro atoms. The molecule has 0 saturated heterocycles. The molecular formula is C12H25NO. The number of carbonyl (C=O) groups is 1. The molecule has 0 aromatic carbocycles. The predicted molar refractivity (Wildman–Crippen MR) is 61.4 cm³/mol. The molecule has 14 heavy (non-hydrogen) atoms. The second-order valence-electron chi connectivity index (χ2n) is 4.74. The number of nitrogens with one attached hydrogen (secondary N) is 1. The minimum Gasteiger partial charge on any atom is -0.312 e. The van der Waals surface area contributed by atoms with Crippen LogP contribution in [0.4, 0.5) is 0 Å². The molecule has 0 fully saturated rings. The predicted octanol–water partition coefficient (Wildman–Crippen LogP) is 2.77. The van der Waals surface area contributed by atoms with Gasteiger partial charge in [0, 0.05) is 24.4 Å². The summed E-state index contributed by atoms with van der Waals surface area (Å²) in [6.45, 7) is 10.4. The van der Waals surface area contributed by atoms with Crippen molar-refractivity contribution >= 4 is 5.78 Å². The van der Waals surface area contributed by atoms with E-state index in [0.717, 1.165) is 19.3 Å². The van der Waals surface area contributed by atoms with Crippen molar-refractivity contribution in [2.75, 3.05) is 0 Å². The molecule has 0 bridgehead atoms. The summed E-state index contributed by atoms with van der Waals surface area (Å²) < 4.78 is 0. The topological polar surface area (TPSA) is 29.1 Å². The third kappa shape index (κ3) is 7.07. The van der Waals surface area contributed by atoms with Crippen LogP contribution >= 0.6 is 0 Å². The first-order valence-electron chi connectivity index (χ1n) is 5.72. The summed E-state index contributed by atoms with van der Waals surface area (Å²) in [6, 6.07) is 1.06. The smallest absolute Gasteiger partial charge is 0.135 e. The van der Waals surface area contributed by atoms with Crippen molar-refractivity contribution in [3.8, 4) is 0 Å². The lowest BCUT2D eigenvalue weighted by Gasteiger charge is -2.16. The van der Waals surface area contributed by atoms with E-state index in [0.29, 0.717) is 17.9 Å². The zero-order valence-electron chi connectivity index (χ0n) is 10.3. The summed E-state index contributed by atoms with van der Waals surface area (Å²) in [6.07, 6.45) is 2.84. The number of rotatable bonds is 7. The van der Waals surface area contributed by atoms with Crippen LogP contribution in [0.5, 0.6) is 0 Å². The lowest BCUT2D eigenvalue weighted by Crippen LogP contribution is -2.32. The average Bonchev–Trinajstić information content (AvgIpc) is 2.02. The summed E-state index contributed by atoms with van der Waals surface area (Å²) >= 11 is 0. The van der Waals surface area contributed by atoms with Gasteiger partial charge in [0.15, 0.2) is 0 Å². The van der Waals surface area contributed by atoms with Gasteiger partial charge >= 0.3 is 0 Å². The Bertz CT molecular complexity index is 164. The minimum absolute atomic E-state index is 0.198. The maximum Gasteiger partial charge on any atom is 0.135 e. The van der Waals surface area contributed by atoms with Crippen molar-refractivity contribution in [1.29, 1.82) is 0 Å². The molecule has 0 amide bonds. The number of Topliss-reactive ketones (excluding diaryl/α,β-unsaturated/α-hetero) is 1. The molecule has 0 aliphatic heterocycles. The molecule has 0 saturated carbocycles. The van der Waals surface area contributed by atoms with Gasteiger partial charge in [-0.05, 0) is 19.8 Å². The molecule has 1 unspecified atom stereocenters. The standard InChI is InChI=1S/C12H25NO/c1-9(2)12(14)8-6-7-11(5)13-10(3)4/h9-11,13H,6-8H2,1-5H3. The number of carbonyl (C=O) groups excluding carboxylic acids is 1. The number of ketones is 1. The molecule has 0 heterocycles. The molecule has 1 N–H and O–H groups in total. The van der Waals surface area contributed by atoms with Gasteiger partial charge < -0.3 is 5.32 Å². The van der Waals surface area contributed by atoms with Gasteiger partial charge in [-0.2, -0.15) is 0 Å². The fourth-order valence-electron chi connectivity index (χ4n) is 1.52. The van der Waals surface area contributed by atoms with E-state index in [1.807, 2.05) is 13.8 Å². The van der Waals surface area contributed by atoms with Crippen LogP contribution in [-0.4, -0.2) is 17.9 Å². The number of hydrogen-bond donors (Lipinski definition) is 1. The Hall–Kier alpha value is -0.370. The van der Waals surface area contributed by atoms with Crippen LogP contribution in [0.15, 0.2) is 0 Å². The Morgan fingerprint density at radius 1 is 1.14 bits per heavy atom. The second-order valence-corrected chi connectivity index (χ2v) is 4.74. The van der Waals surface area contributed by atoms with Crippen LogP contribution in [0.2, 0.25) is 0 Å². The highest BCUT2D eigenvalue weighted by Gasteiger charge is 2.08. The first kappa shape index (κ1) is 13.6. The third-order valence-electron chi connectivity index (χ3n) is 2.32. The zero-order chi connectivity index (χ0) is 11.1. The highest BCUT2D eigenvalue weighted by atomic mass is 16.1. The van der Waals surface area contributed by atoms with E-state index in [2.05, 4.69) is 26.1 Å². The van der Waals surface area contributed by atoms with Crippen LogP contribution in [0.25, 0.3) is 0 Å². The molecule has 2 heteroatoms. The van der Waals surface area contributed by atoms with E-state index in [4.69, 9.17) is 0 Å². The largest absolute Gasteiger partial charge is 0.312 e. The summed E-state index contributed by atoms with van der Waals surface area (Å²) in [5, 5.41) is 3.43. The van der Waals surface area contributed by atoms with Crippen LogP contribution in [0, 0.1) is 5.92 Å². The Balaban J connectivity index is 3.49. The minimum atomic E-state index is 0.198. The van der Waals surface area contributed by atoms with Crippen molar-refractivity contribution in [2.45, 2.75) is 66.0 Å². The van der Waals surface area contributed by atoms with Crippen molar-refractivity contribution in [3.05, 3.63) is 0 Å². The molecule has 0 aromatic rings. The Morgan fingerprint density at radius 2 is 1.71 bits per heavy atom. The third-order valence-corrected chi connectivity index (χ3v) is 2.32. The highest BCUT2D eigenvalue weighted by Crippen LogP contribution is 2.06. The quantitative estimate of drug-likeness (QED) is 0.683. The monoisotopic (exact) mass is 199 g/mol. The first-order valence-corrected chi connectivity index (χ1v) is 5.72. The zero-order valence-corrected chi connectivity index (χ0v) is 10.3. The molecule has 0 rings (SSSR count). The molecule has 0 aliphatic carbocycles. The maximum absolute atomic E-state index is 11.3. The van der Waals surface area contributed by atoms with Gasteiger partial charge in [-0.25, -0.2) is 0 Å². The van der Waals surface area contributed by atoms with E-state index in [9.17, 15) is 4.79 Å². The summed E-state index contributed by atoms with van der Waals surface area (Å²) in [5.74, 6) is 0.588. The van der Waals surface area contributed by atoms with Crippen molar-refractivity contribution < 1.29 is 4.79 Å². The van der Waals surface area contributed by atoms with Crippen LogP contribution in [0.1, 0.15) is 53.9 Å². The molecule has 0 aromatic heterocycles. The van der Waals surface area contributed by atoms with Gasteiger partial charge in [0.2, 0.25) is 0 Å². The lowest BCUT2D eigenvalue weighted by atomic mass is 10.0. The van der Waals surface area contributed by atoms with Gasteiger partial charge in [-0.3, -0.25) is 4.79 Å². The van der Waals surface area contributed by atoms with E-state index >= 15 is 0 Å². The van der Waals surface area contributed by atoms with Gasteiger partial charge in [-0.15, -0.1) is 0 Å². The van der Waals surface area contributed by atoms with Gasteiger partial charge in [0.25, 0.3) is 0 Å².